The van der Waals surface area contributed by atoms with E-state index in [1.54, 1.807) is 5.01 Å². The monoisotopic (exact) mass is 479 g/mol. The van der Waals surface area contributed by atoms with Gasteiger partial charge in [0.2, 0.25) is 0 Å². The van der Waals surface area contributed by atoms with E-state index in [4.69, 9.17) is 5.10 Å². The van der Waals surface area contributed by atoms with Crippen molar-refractivity contribution in [3.63, 3.8) is 0 Å². The zero-order valence-corrected chi connectivity index (χ0v) is 21.8. The molecule has 0 saturated carbocycles. The smallest absolute Gasteiger partial charge is 0.257 e. The van der Waals surface area contributed by atoms with Gasteiger partial charge in [-0.1, -0.05) is 78.4 Å². The van der Waals surface area contributed by atoms with Gasteiger partial charge in [-0.15, -0.1) is 0 Å². The van der Waals surface area contributed by atoms with Gasteiger partial charge in [0, 0.05) is 12.0 Å². The van der Waals surface area contributed by atoms with Crippen molar-refractivity contribution >= 4 is 11.6 Å². The van der Waals surface area contributed by atoms with Gasteiger partial charge in [0.05, 0.1) is 18.3 Å². The molecule has 2 heterocycles. The molecular weight excluding hydrogens is 442 g/mol. The maximum Gasteiger partial charge on any atom is 0.257 e. The number of nitrogens with zero attached hydrogens (tertiary/aromatic N) is 3. The van der Waals surface area contributed by atoms with Gasteiger partial charge < -0.3 is 0 Å². The summed E-state index contributed by atoms with van der Waals surface area (Å²) >= 11 is 0. The van der Waals surface area contributed by atoms with Gasteiger partial charge in [-0.3, -0.25) is 9.69 Å². The number of aryl methyl sites for hydroxylation is 3. The van der Waals surface area contributed by atoms with Crippen LogP contribution in [-0.2, 0) is 11.2 Å². The fraction of sp³-hybridized carbons (Fsp3) is 0.375. The quantitative estimate of drug-likeness (QED) is 0.419. The van der Waals surface area contributed by atoms with Crippen LogP contribution >= 0.6 is 0 Å². The average Bonchev–Trinajstić information content (AvgIpc) is 3.31. The second-order valence-electron chi connectivity index (χ2n) is 10.6. The van der Waals surface area contributed by atoms with Crippen LogP contribution in [0, 0.1) is 26.7 Å². The number of carbonyl (C=O) groups excluding carboxylic acids is 1. The Morgan fingerprint density at radius 2 is 1.61 bits per heavy atom. The molecule has 0 N–H and O–H groups in total. The van der Waals surface area contributed by atoms with Crippen molar-refractivity contribution in [2.45, 2.75) is 52.5 Å². The second-order valence-corrected chi connectivity index (χ2v) is 10.6. The summed E-state index contributed by atoms with van der Waals surface area (Å²) in [5.74, 6) is 0.795. The summed E-state index contributed by atoms with van der Waals surface area (Å²) < 4.78 is 0. The van der Waals surface area contributed by atoms with E-state index < -0.39 is 0 Å². The first-order chi connectivity index (χ1) is 17.5. The maximum absolute atomic E-state index is 13.7. The standard InChI is InChI=1S/C32H37N3O/c1-23-13-14-28(25(3)19-23)30-21-31(29-12-8-7-9-24(29)2)35(33-30)32(36)22-34-17-15-27(16-18-34)20-26-10-5-4-6-11-26/h4-14,19,27,31H,15-18,20-22H2,1-3H3/t31-/m1/s1. The van der Waals surface area contributed by atoms with E-state index in [1.807, 2.05) is 0 Å². The third-order valence-corrected chi connectivity index (χ3v) is 7.84. The Morgan fingerprint density at radius 1 is 0.889 bits per heavy atom. The van der Waals surface area contributed by atoms with Crippen molar-refractivity contribution in [1.29, 1.82) is 0 Å². The van der Waals surface area contributed by atoms with Crippen molar-refractivity contribution in [3.05, 3.63) is 106 Å². The zero-order chi connectivity index (χ0) is 25.1. The summed E-state index contributed by atoms with van der Waals surface area (Å²) in [6, 6.07) is 25.6. The first-order valence-corrected chi connectivity index (χ1v) is 13.3. The molecule has 1 amide bonds. The number of likely N-dealkylation sites (tertiary alicyclic amines) is 1. The Hall–Kier alpha value is -3.24. The lowest BCUT2D eigenvalue weighted by atomic mass is 9.90. The lowest BCUT2D eigenvalue weighted by Gasteiger charge is -2.33. The van der Waals surface area contributed by atoms with Crippen LogP contribution in [0.4, 0.5) is 0 Å². The Labute approximate surface area is 215 Å². The number of hydrogen-bond donors (Lipinski definition) is 0. The van der Waals surface area contributed by atoms with Crippen LogP contribution in [0.2, 0.25) is 0 Å². The lowest BCUT2D eigenvalue weighted by Crippen LogP contribution is -2.42. The van der Waals surface area contributed by atoms with Crippen LogP contribution < -0.4 is 0 Å². The van der Waals surface area contributed by atoms with Gasteiger partial charge in [-0.2, -0.15) is 5.10 Å². The normalized spacial score (nSPS) is 18.9. The Kier molecular flexibility index (Phi) is 7.33. The molecule has 0 aromatic heterocycles. The zero-order valence-electron chi connectivity index (χ0n) is 21.8. The molecule has 1 saturated heterocycles. The van der Waals surface area contributed by atoms with Crippen molar-refractivity contribution in [3.8, 4) is 0 Å². The fourth-order valence-corrected chi connectivity index (χ4v) is 5.80. The highest BCUT2D eigenvalue weighted by atomic mass is 16.2. The molecule has 36 heavy (non-hydrogen) atoms. The first kappa shape index (κ1) is 24.5. The second kappa shape index (κ2) is 10.8. The molecule has 3 aromatic carbocycles. The molecule has 0 aliphatic carbocycles. The minimum atomic E-state index is -0.0509. The van der Waals surface area contributed by atoms with E-state index in [-0.39, 0.29) is 11.9 Å². The van der Waals surface area contributed by atoms with E-state index in [9.17, 15) is 4.79 Å². The number of rotatable bonds is 6. The molecule has 4 nitrogen and oxygen atoms in total. The van der Waals surface area contributed by atoms with Gasteiger partial charge in [0.25, 0.3) is 5.91 Å². The average molecular weight is 480 g/mol. The molecule has 2 aliphatic heterocycles. The summed E-state index contributed by atoms with van der Waals surface area (Å²) in [6.45, 7) is 8.76. The molecule has 1 fully saturated rings. The van der Waals surface area contributed by atoms with E-state index in [2.05, 4.69) is 98.5 Å². The molecule has 0 unspecified atom stereocenters. The number of hydrogen-bond acceptors (Lipinski definition) is 3. The van der Waals surface area contributed by atoms with E-state index in [0.717, 1.165) is 50.0 Å². The lowest BCUT2D eigenvalue weighted by molar-refractivity contribution is -0.134. The molecule has 186 valence electrons. The van der Waals surface area contributed by atoms with Crippen LogP contribution in [-0.4, -0.2) is 41.2 Å². The third-order valence-electron chi connectivity index (χ3n) is 7.84. The highest BCUT2D eigenvalue weighted by Gasteiger charge is 2.35. The SMILES string of the molecule is Cc1ccc(C2=NN(C(=O)CN3CCC(Cc4ccccc4)CC3)[C@@H](c3ccccc3C)C2)c(C)c1. The molecule has 2 aliphatic rings. The number of carbonyl (C=O) groups is 1. The topological polar surface area (TPSA) is 35.9 Å². The minimum absolute atomic E-state index is 0.0509. The number of hydrazone groups is 1. The predicted octanol–water partition coefficient (Wildman–Crippen LogP) is 6.24. The number of benzene rings is 3. The summed E-state index contributed by atoms with van der Waals surface area (Å²) in [5.41, 5.74) is 8.43. The Morgan fingerprint density at radius 3 is 2.33 bits per heavy atom. The summed E-state index contributed by atoms with van der Waals surface area (Å²) in [7, 11) is 0. The van der Waals surface area contributed by atoms with Crippen LogP contribution in [0.25, 0.3) is 0 Å². The highest BCUT2D eigenvalue weighted by Crippen LogP contribution is 2.35. The Bertz CT molecular complexity index is 1240. The van der Waals surface area contributed by atoms with Gasteiger partial charge >= 0.3 is 0 Å². The van der Waals surface area contributed by atoms with Crippen molar-refractivity contribution in [2.75, 3.05) is 19.6 Å². The first-order valence-electron chi connectivity index (χ1n) is 13.3. The Balaban J connectivity index is 1.30. The van der Waals surface area contributed by atoms with Crippen molar-refractivity contribution in [1.82, 2.24) is 9.91 Å². The fourth-order valence-electron chi connectivity index (χ4n) is 5.80. The summed E-state index contributed by atoms with van der Waals surface area (Å²) in [4.78, 5) is 16.0. The molecule has 0 spiro atoms. The number of piperidine rings is 1. The summed E-state index contributed by atoms with van der Waals surface area (Å²) in [6.07, 6.45) is 4.16. The van der Waals surface area contributed by atoms with Gasteiger partial charge in [-0.25, -0.2) is 5.01 Å². The van der Waals surface area contributed by atoms with E-state index in [1.165, 1.54) is 27.8 Å². The van der Waals surface area contributed by atoms with Crippen LogP contribution in [0.5, 0.6) is 0 Å². The third kappa shape index (κ3) is 5.44. The maximum atomic E-state index is 13.7. The molecule has 1 atom stereocenters. The molecule has 5 rings (SSSR count). The largest absolute Gasteiger partial charge is 0.294 e. The van der Waals surface area contributed by atoms with E-state index in [0.29, 0.717) is 12.5 Å². The molecule has 4 heteroatoms. The van der Waals surface area contributed by atoms with Crippen LogP contribution in [0.1, 0.15) is 58.7 Å². The molecular formula is C32H37N3O. The van der Waals surface area contributed by atoms with Gasteiger partial charge in [0.1, 0.15) is 0 Å². The minimum Gasteiger partial charge on any atom is -0.294 e. The predicted molar refractivity (Wildman–Crippen MR) is 147 cm³/mol. The molecule has 3 aromatic rings. The molecule has 0 bridgehead atoms. The van der Waals surface area contributed by atoms with E-state index >= 15 is 0 Å². The van der Waals surface area contributed by atoms with Crippen LogP contribution in [0.15, 0.2) is 77.9 Å². The van der Waals surface area contributed by atoms with Crippen LogP contribution in [0.3, 0.4) is 0 Å². The number of amides is 1. The van der Waals surface area contributed by atoms with Gasteiger partial charge in [-0.05, 0) is 81.3 Å². The van der Waals surface area contributed by atoms with Crippen molar-refractivity contribution in [2.24, 2.45) is 11.0 Å². The highest BCUT2D eigenvalue weighted by molar-refractivity contribution is 6.04. The van der Waals surface area contributed by atoms with Crippen molar-refractivity contribution < 1.29 is 4.79 Å². The van der Waals surface area contributed by atoms with Gasteiger partial charge in [0.15, 0.2) is 0 Å². The summed E-state index contributed by atoms with van der Waals surface area (Å²) in [5, 5.41) is 6.74. The molecule has 0 radical (unpaired) electrons.